The highest BCUT2D eigenvalue weighted by Crippen LogP contribution is 2.34. The number of nitrogens with zero attached hydrogens (tertiary/aromatic N) is 2. The standard InChI is InChI=1S/C20H30N2O2S/c1-3-21(4-2)20(24)18-14-16-13-15(9-10-17(16)25-18)19(23)22-11-7-5-6-8-12-22/h14-15H,3-13H2,1-2H3. The van der Waals surface area contributed by atoms with Gasteiger partial charge in [-0.15, -0.1) is 11.3 Å². The minimum Gasteiger partial charge on any atom is -0.342 e. The van der Waals surface area contributed by atoms with Gasteiger partial charge in [0.1, 0.15) is 0 Å². The molecule has 1 aromatic rings. The number of hydrogen-bond donors (Lipinski definition) is 0. The van der Waals surface area contributed by atoms with Crippen LogP contribution in [0.25, 0.3) is 0 Å². The minimum absolute atomic E-state index is 0.108. The summed E-state index contributed by atoms with van der Waals surface area (Å²) in [5.41, 5.74) is 1.24. The van der Waals surface area contributed by atoms with Crippen LogP contribution < -0.4 is 0 Å². The molecule has 0 saturated carbocycles. The zero-order valence-corrected chi connectivity index (χ0v) is 16.4. The monoisotopic (exact) mass is 362 g/mol. The number of aryl methyl sites for hydroxylation is 1. The molecule has 0 aromatic carbocycles. The lowest BCUT2D eigenvalue weighted by Gasteiger charge is -2.28. The highest BCUT2D eigenvalue weighted by Gasteiger charge is 2.30. The highest BCUT2D eigenvalue weighted by atomic mass is 32.1. The molecule has 2 aliphatic rings. The molecule has 138 valence electrons. The largest absolute Gasteiger partial charge is 0.342 e. The summed E-state index contributed by atoms with van der Waals surface area (Å²) in [6, 6.07) is 2.06. The van der Waals surface area contributed by atoms with Gasteiger partial charge in [-0.1, -0.05) is 12.8 Å². The fraction of sp³-hybridized carbons (Fsp3) is 0.700. The Morgan fingerprint density at radius 2 is 1.84 bits per heavy atom. The smallest absolute Gasteiger partial charge is 0.263 e. The van der Waals surface area contributed by atoms with Gasteiger partial charge in [0.15, 0.2) is 0 Å². The maximum Gasteiger partial charge on any atom is 0.263 e. The lowest BCUT2D eigenvalue weighted by atomic mass is 9.87. The van der Waals surface area contributed by atoms with E-state index in [9.17, 15) is 9.59 Å². The van der Waals surface area contributed by atoms with Gasteiger partial charge in [-0.3, -0.25) is 9.59 Å². The topological polar surface area (TPSA) is 40.6 Å². The van der Waals surface area contributed by atoms with Crippen molar-refractivity contribution in [3.63, 3.8) is 0 Å². The second kappa shape index (κ2) is 8.35. The molecule has 2 heterocycles. The van der Waals surface area contributed by atoms with Crippen LogP contribution in [-0.4, -0.2) is 47.8 Å². The lowest BCUT2D eigenvalue weighted by Crippen LogP contribution is -2.38. The number of fused-ring (bicyclic) bond motifs is 1. The van der Waals surface area contributed by atoms with Gasteiger partial charge in [0.25, 0.3) is 5.91 Å². The maximum absolute atomic E-state index is 12.9. The van der Waals surface area contributed by atoms with Crippen molar-refractivity contribution in [1.29, 1.82) is 0 Å². The number of rotatable bonds is 4. The molecule has 0 bridgehead atoms. The molecule has 1 aromatic heterocycles. The molecule has 0 spiro atoms. The summed E-state index contributed by atoms with van der Waals surface area (Å²) in [5.74, 6) is 0.590. The van der Waals surface area contributed by atoms with Crippen molar-refractivity contribution >= 4 is 23.2 Å². The van der Waals surface area contributed by atoms with Gasteiger partial charge in [-0.05, 0) is 57.6 Å². The summed E-state index contributed by atoms with van der Waals surface area (Å²) in [5, 5.41) is 0. The molecule has 1 saturated heterocycles. The van der Waals surface area contributed by atoms with E-state index in [4.69, 9.17) is 0 Å². The zero-order valence-electron chi connectivity index (χ0n) is 15.6. The second-order valence-corrected chi connectivity index (χ2v) is 8.35. The number of carbonyl (C=O) groups is 2. The molecule has 0 radical (unpaired) electrons. The zero-order chi connectivity index (χ0) is 17.8. The second-order valence-electron chi connectivity index (χ2n) is 7.22. The Hall–Kier alpha value is -1.36. The SMILES string of the molecule is CCN(CC)C(=O)c1cc2c(s1)CCC(C(=O)N1CCCCCC1)C2. The van der Waals surface area contributed by atoms with Crippen LogP contribution in [0.15, 0.2) is 6.07 Å². The number of hydrogen-bond acceptors (Lipinski definition) is 3. The van der Waals surface area contributed by atoms with Gasteiger partial charge in [0.2, 0.25) is 5.91 Å². The van der Waals surface area contributed by atoms with E-state index in [1.807, 2.05) is 18.7 Å². The fourth-order valence-corrected chi connectivity index (χ4v) is 5.23. The molecule has 4 nitrogen and oxygen atoms in total. The van der Waals surface area contributed by atoms with Gasteiger partial charge in [0.05, 0.1) is 4.88 Å². The lowest BCUT2D eigenvalue weighted by molar-refractivity contribution is -0.135. The molecule has 1 fully saturated rings. The van der Waals surface area contributed by atoms with E-state index in [-0.39, 0.29) is 11.8 Å². The Morgan fingerprint density at radius 3 is 2.48 bits per heavy atom. The van der Waals surface area contributed by atoms with Crippen molar-refractivity contribution < 1.29 is 9.59 Å². The Balaban J connectivity index is 1.69. The first kappa shape index (κ1) is 18.4. The third-order valence-electron chi connectivity index (χ3n) is 5.61. The summed E-state index contributed by atoms with van der Waals surface area (Å²) in [6.45, 7) is 7.38. The van der Waals surface area contributed by atoms with Crippen LogP contribution in [0.3, 0.4) is 0 Å². The predicted molar refractivity (Wildman–Crippen MR) is 102 cm³/mol. The predicted octanol–water partition coefficient (Wildman–Crippen LogP) is 3.74. The van der Waals surface area contributed by atoms with Crippen molar-refractivity contribution in [2.45, 2.75) is 58.8 Å². The summed E-state index contributed by atoms with van der Waals surface area (Å²) in [7, 11) is 0. The van der Waals surface area contributed by atoms with Gasteiger partial charge >= 0.3 is 0 Å². The molecule has 1 aliphatic heterocycles. The highest BCUT2D eigenvalue weighted by molar-refractivity contribution is 7.14. The number of likely N-dealkylation sites (tertiary alicyclic amines) is 1. The van der Waals surface area contributed by atoms with Crippen molar-refractivity contribution in [2.75, 3.05) is 26.2 Å². The molecule has 5 heteroatoms. The third kappa shape index (κ3) is 4.08. The molecule has 2 amide bonds. The van der Waals surface area contributed by atoms with Gasteiger partial charge in [-0.25, -0.2) is 0 Å². The number of amides is 2. The van der Waals surface area contributed by atoms with Crippen LogP contribution in [0.2, 0.25) is 0 Å². The van der Waals surface area contributed by atoms with Crippen LogP contribution in [0.5, 0.6) is 0 Å². The molecule has 0 N–H and O–H groups in total. The Bertz CT molecular complexity index is 613. The van der Waals surface area contributed by atoms with E-state index in [2.05, 4.69) is 11.0 Å². The molecule has 25 heavy (non-hydrogen) atoms. The van der Waals surface area contributed by atoms with Crippen LogP contribution >= 0.6 is 11.3 Å². The average molecular weight is 363 g/mol. The van der Waals surface area contributed by atoms with Crippen LogP contribution in [0.4, 0.5) is 0 Å². The molecule has 1 unspecified atom stereocenters. The maximum atomic E-state index is 12.9. The normalized spacial score (nSPS) is 20.7. The first-order valence-corrected chi connectivity index (χ1v) is 10.6. The van der Waals surface area contributed by atoms with Crippen LogP contribution in [0.1, 0.15) is 66.1 Å². The molecule has 1 atom stereocenters. The van der Waals surface area contributed by atoms with Crippen molar-refractivity contribution in [3.05, 3.63) is 21.4 Å². The van der Waals surface area contributed by atoms with Crippen molar-refractivity contribution in [1.82, 2.24) is 9.80 Å². The molecular weight excluding hydrogens is 332 g/mol. The summed E-state index contributed by atoms with van der Waals surface area (Å²) >= 11 is 1.64. The molecular formula is C20H30N2O2S. The Labute approximate surface area is 155 Å². The Morgan fingerprint density at radius 1 is 1.16 bits per heavy atom. The Kier molecular flexibility index (Phi) is 6.15. The van der Waals surface area contributed by atoms with Gasteiger partial charge in [0, 0.05) is 37.0 Å². The average Bonchev–Trinajstić information content (AvgIpc) is 2.87. The van der Waals surface area contributed by atoms with Crippen molar-refractivity contribution in [2.24, 2.45) is 5.92 Å². The summed E-state index contributed by atoms with van der Waals surface area (Å²) in [6.07, 6.45) is 7.47. The van der Waals surface area contributed by atoms with Gasteiger partial charge < -0.3 is 9.80 Å². The van der Waals surface area contributed by atoms with Crippen LogP contribution in [-0.2, 0) is 17.6 Å². The van der Waals surface area contributed by atoms with Crippen LogP contribution in [0, 0.1) is 5.92 Å². The van der Waals surface area contributed by atoms with E-state index >= 15 is 0 Å². The summed E-state index contributed by atoms with van der Waals surface area (Å²) < 4.78 is 0. The first-order chi connectivity index (χ1) is 12.1. The fourth-order valence-electron chi connectivity index (χ4n) is 4.06. The third-order valence-corrected chi connectivity index (χ3v) is 6.84. The number of thiophene rings is 1. The van der Waals surface area contributed by atoms with E-state index in [0.29, 0.717) is 5.91 Å². The summed E-state index contributed by atoms with van der Waals surface area (Å²) in [4.78, 5) is 31.6. The van der Waals surface area contributed by atoms with Gasteiger partial charge in [-0.2, -0.15) is 0 Å². The molecule has 3 rings (SSSR count). The number of carbonyl (C=O) groups excluding carboxylic acids is 2. The quantitative estimate of drug-likeness (QED) is 0.819. The minimum atomic E-state index is 0.108. The first-order valence-electron chi connectivity index (χ1n) is 9.83. The van der Waals surface area contributed by atoms with E-state index in [0.717, 1.165) is 63.2 Å². The van der Waals surface area contributed by atoms with E-state index < -0.39 is 0 Å². The van der Waals surface area contributed by atoms with E-state index in [1.54, 1.807) is 11.3 Å². The molecule has 1 aliphatic carbocycles. The van der Waals surface area contributed by atoms with Crippen molar-refractivity contribution in [3.8, 4) is 0 Å². The van der Waals surface area contributed by atoms with E-state index in [1.165, 1.54) is 23.3 Å².